The van der Waals surface area contributed by atoms with Crippen molar-refractivity contribution in [1.29, 1.82) is 0 Å². The Bertz CT molecular complexity index is 172. The van der Waals surface area contributed by atoms with E-state index in [0.717, 1.165) is 18.4 Å². The van der Waals surface area contributed by atoms with E-state index in [1.807, 2.05) is 0 Å². The topological polar surface area (TPSA) is 29.6 Å². The SMILES string of the molecule is C=C(CCCCC)C1OC1=O. The van der Waals surface area contributed by atoms with Crippen LogP contribution in [0.4, 0.5) is 0 Å². The van der Waals surface area contributed by atoms with E-state index >= 15 is 0 Å². The lowest BCUT2D eigenvalue weighted by atomic mass is 10.1. The lowest BCUT2D eigenvalue weighted by Gasteiger charge is -1.97. The van der Waals surface area contributed by atoms with Gasteiger partial charge in [0, 0.05) is 0 Å². The van der Waals surface area contributed by atoms with E-state index in [1.54, 1.807) is 0 Å². The second kappa shape index (κ2) is 3.56. The van der Waals surface area contributed by atoms with Gasteiger partial charge in [0.15, 0.2) is 0 Å². The molecule has 62 valence electrons. The highest BCUT2D eigenvalue weighted by Crippen LogP contribution is 2.24. The van der Waals surface area contributed by atoms with Crippen LogP contribution in [0.1, 0.15) is 32.6 Å². The van der Waals surface area contributed by atoms with Crippen LogP contribution in [0.25, 0.3) is 0 Å². The molecule has 1 rings (SSSR count). The van der Waals surface area contributed by atoms with Crippen molar-refractivity contribution in [3.8, 4) is 0 Å². The molecule has 0 bridgehead atoms. The minimum Gasteiger partial charge on any atom is -0.443 e. The molecule has 0 amide bonds. The van der Waals surface area contributed by atoms with Gasteiger partial charge in [0.2, 0.25) is 6.10 Å². The Kier molecular flexibility index (Phi) is 2.69. The maximum Gasteiger partial charge on any atom is 0.353 e. The summed E-state index contributed by atoms with van der Waals surface area (Å²) in [6, 6.07) is 0. The van der Waals surface area contributed by atoms with Crippen molar-refractivity contribution in [2.75, 3.05) is 0 Å². The Labute approximate surface area is 67.2 Å². The van der Waals surface area contributed by atoms with Crippen LogP contribution in [0.15, 0.2) is 12.2 Å². The summed E-state index contributed by atoms with van der Waals surface area (Å²) < 4.78 is 4.67. The minimum atomic E-state index is -0.244. The monoisotopic (exact) mass is 154 g/mol. The van der Waals surface area contributed by atoms with Crippen LogP contribution in [-0.4, -0.2) is 12.1 Å². The zero-order valence-corrected chi connectivity index (χ0v) is 6.93. The third-order valence-electron chi connectivity index (χ3n) is 1.86. The molecule has 1 heterocycles. The molecule has 2 nitrogen and oxygen atoms in total. The molecule has 1 atom stereocenters. The lowest BCUT2D eigenvalue weighted by Crippen LogP contribution is -1.92. The van der Waals surface area contributed by atoms with Gasteiger partial charge in [-0.3, -0.25) is 0 Å². The minimum absolute atomic E-state index is 0.105. The number of hydrogen-bond donors (Lipinski definition) is 0. The average molecular weight is 154 g/mol. The van der Waals surface area contributed by atoms with E-state index in [9.17, 15) is 4.79 Å². The van der Waals surface area contributed by atoms with Crippen LogP contribution in [0.5, 0.6) is 0 Å². The summed E-state index contributed by atoms with van der Waals surface area (Å²) in [5.74, 6) is -0.105. The van der Waals surface area contributed by atoms with Crippen LogP contribution in [0.3, 0.4) is 0 Å². The Morgan fingerprint density at radius 3 is 2.73 bits per heavy atom. The van der Waals surface area contributed by atoms with Crippen molar-refractivity contribution < 1.29 is 9.53 Å². The number of epoxide rings is 1. The van der Waals surface area contributed by atoms with E-state index in [2.05, 4.69) is 18.2 Å². The van der Waals surface area contributed by atoms with Gasteiger partial charge in [-0.15, -0.1) is 0 Å². The molecule has 11 heavy (non-hydrogen) atoms. The largest absolute Gasteiger partial charge is 0.443 e. The third kappa shape index (κ3) is 2.37. The molecule has 0 N–H and O–H groups in total. The highest BCUT2D eigenvalue weighted by Gasteiger charge is 2.39. The summed E-state index contributed by atoms with van der Waals surface area (Å²) in [4.78, 5) is 10.5. The number of hydrogen-bond acceptors (Lipinski definition) is 2. The molecule has 0 aliphatic carbocycles. The maximum atomic E-state index is 10.5. The van der Waals surface area contributed by atoms with Crippen LogP contribution in [0.2, 0.25) is 0 Å². The molecule has 1 fully saturated rings. The molecule has 2 heteroatoms. The van der Waals surface area contributed by atoms with Crippen LogP contribution in [0, 0.1) is 0 Å². The van der Waals surface area contributed by atoms with Crippen LogP contribution < -0.4 is 0 Å². The van der Waals surface area contributed by atoms with Crippen molar-refractivity contribution in [3.05, 3.63) is 12.2 Å². The average Bonchev–Trinajstić information content (AvgIpc) is 2.67. The molecule has 1 aliphatic heterocycles. The Hall–Kier alpha value is -0.790. The van der Waals surface area contributed by atoms with Gasteiger partial charge >= 0.3 is 5.97 Å². The fourth-order valence-electron chi connectivity index (χ4n) is 1.07. The molecule has 0 spiro atoms. The first-order chi connectivity index (χ1) is 5.25. The lowest BCUT2D eigenvalue weighted by molar-refractivity contribution is -0.117. The van der Waals surface area contributed by atoms with Crippen molar-refractivity contribution in [2.45, 2.75) is 38.7 Å². The molecule has 1 saturated heterocycles. The van der Waals surface area contributed by atoms with Gasteiger partial charge in [-0.2, -0.15) is 0 Å². The first kappa shape index (κ1) is 8.31. The molecule has 0 aromatic carbocycles. The summed E-state index contributed by atoms with van der Waals surface area (Å²) in [7, 11) is 0. The molecule has 0 aromatic rings. The van der Waals surface area contributed by atoms with Gasteiger partial charge in [-0.1, -0.05) is 26.3 Å². The van der Waals surface area contributed by atoms with Gasteiger partial charge in [0.25, 0.3) is 0 Å². The van der Waals surface area contributed by atoms with Crippen molar-refractivity contribution in [2.24, 2.45) is 0 Å². The second-order valence-electron chi connectivity index (χ2n) is 2.93. The van der Waals surface area contributed by atoms with Crippen molar-refractivity contribution in [1.82, 2.24) is 0 Å². The Morgan fingerprint density at radius 2 is 2.27 bits per heavy atom. The second-order valence-corrected chi connectivity index (χ2v) is 2.93. The van der Waals surface area contributed by atoms with Crippen LogP contribution >= 0.6 is 0 Å². The third-order valence-corrected chi connectivity index (χ3v) is 1.86. The molecular formula is C9H14O2. The van der Waals surface area contributed by atoms with E-state index in [-0.39, 0.29) is 12.1 Å². The first-order valence-electron chi connectivity index (χ1n) is 4.14. The first-order valence-corrected chi connectivity index (χ1v) is 4.14. The van der Waals surface area contributed by atoms with Gasteiger partial charge in [-0.05, 0) is 18.4 Å². The van der Waals surface area contributed by atoms with Gasteiger partial charge < -0.3 is 4.74 Å². The van der Waals surface area contributed by atoms with Crippen molar-refractivity contribution in [3.63, 3.8) is 0 Å². The zero-order valence-electron chi connectivity index (χ0n) is 6.93. The summed E-state index contributed by atoms with van der Waals surface area (Å²) in [5, 5.41) is 0. The van der Waals surface area contributed by atoms with E-state index in [1.165, 1.54) is 12.8 Å². The van der Waals surface area contributed by atoms with E-state index in [0.29, 0.717) is 0 Å². The molecule has 1 unspecified atom stereocenters. The molecule has 0 saturated carbocycles. The zero-order chi connectivity index (χ0) is 8.27. The Balaban J connectivity index is 2.07. The van der Waals surface area contributed by atoms with Gasteiger partial charge in [-0.25, -0.2) is 4.79 Å². The number of unbranched alkanes of at least 4 members (excludes halogenated alkanes) is 2. The Morgan fingerprint density at radius 1 is 1.64 bits per heavy atom. The standard InChI is InChI=1S/C9H14O2/c1-3-4-5-6-7(2)8-9(10)11-8/h8H,2-6H2,1H3. The fraction of sp³-hybridized carbons (Fsp3) is 0.667. The summed E-state index contributed by atoms with van der Waals surface area (Å²) >= 11 is 0. The molecule has 0 radical (unpaired) electrons. The predicted octanol–water partition coefficient (Wildman–Crippen LogP) is 2.05. The van der Waals surface area contributed by atoms with Gasteiger partial charge in [0.05, 0.1) is 0 Å². The highest BCUT2D eigenvalue weighted by molar-refractivity contribution is 5.90. The highest BCUT2D eigenvalue weighted by atomic mass is 16.6. The number of carbonyl (C=O) groups excluding carboxylic acids is 1. The van der Waals surface area contributed by atoms with E-state index < -0.39 is 0 Å². The summed E-state index contributed by atoms with van der Waals surface area (Å²) in [6.07, 6.45) is 4.23. The number of carbonyl (C=O) groups is 1. The summed E-state index contributed by atoms with van der Waals surface area (Å²) in [6.45, 7) is 5.95. The normalized spacial score (nSPS) is 21.2. The molecular weight excluding hydrogens is 140 g/mol. The smallest absolute Gasteiger partial charge is 0.353 e. The quantitative estimate of drug-likeness (QED) is 0.344. The molecule has 0 aromatic heterocycles. The number of cyclic esters (lactones) is 1. The van der Waals surface area contributed by atoms with E-state index in [4.69, 9.17) is 0 Å². The maximum absolute atomic E-state index is 10.5. The van der Waals surface area contributed by atoms with Crippen molar-refractivity contribution >= 4 is 5.97 Å². The number of ether oxygens (including phenoxy) is 1. The fourth-order valence-corrected chi connectivity index (χ4v) is 1.07. The molecule has 1 aliphatic rings. The summed E-state index contributed by atoms with van der Waals surface area (Å²) in [5.41, 5.74) is 0.948. The number of rotatable bonds is 5. The predicted molar refractivity (Wildman–Crippen MR) is 43.2 cm³/mol. The van der Waals surface area contributed by atoms with Crippen LogP contribution in [-0.2, 0) is 9.53 Å². The van der Waals surface area contributed by atoms with Gasteiger partial charge in [0.1, 0.15) is 0 Å².